The van der Waals surface area contributed by atoms with Crippen molar-refractivity contribution < 1.29 is 9.53 Å². The van der Waals surface area contributed by atoms with Gasteiger partial charge in [-0.05, 0) is 25.8 Å². The van der Waals surface area contributed by atoms with Crippen molar-refractivity contribution in [2.75, 3.05) is 20.2 Å². The number of imidazole rings is 1. The molecule has 0 radical (unpaired) electrons. The predicted octanol–water partition coefficient (Wildman–Crippen LogP) is 1.55. The topological polar surface area (TPSA) is 65.2 Å². The molecule has 2 aromatic rings. The molecule has 3 heterocycles. The summed E-state index contributed by atoms with van der Waals surface area (Å²) >= 11 is 0. The molecular formula is C16H23N5O2. The molecule has 1 aliphatic heterocycles. The highest BCUT2D eigenvalue weighted by Crippen LogP contribution is 2.26. The standard InChI is InChI=1S/C16H23N5O2/c1-12-10-17-15(11-23-3)21(12)13-4-8-20(9-5-13)16(22)14-6-7-19(2)18-14/h6-7,10,13H,4-5,8-9,11H2,1-3H3. The molecule has 1 amide bonds. The van der Waals surface area contributed by atoms with E-state index in [1.165, 1.54) is 0 Å². The number of aryl methyl sites for hydroxylation is 2. The van der Waals surface area contributed by atoms with E-state index in [1.54, 1.807) is 24.1 Å². The van der Waals surface area contributed by atoms with E-state index in [0.29, 0.717) is 18.3 Å². The third kappa shape index (κ3) is 3.14. The summed E-state index contributed by atoms with van der Waals surface area (Å²) in [4.78, 5) is 18.8. The Kier molecular flexibility index (Phi) is 4.47. The van der Waals surface area contributed by atoms with E-state index in [1.807, 2.05) is 18.1 Å². The van der Waals surface area contributed by atoms with Gasteiger partial charge < -0.3 is 14.2 Å². The highest BCUT2D eigenvalue weighted by Gasteiger charge is 2.27. The van der Waals surface area contributed by atoms with E-state index in [2.05, 4.69) is 21.6 Å². The third-order valence-electron chi connectivity index (χ3n) is 4.38. The minimum atomic E-state index is 0.0171. The largest absolute Gasteiger partial charge is 0.377 e. The van der Waals surface area contributed by atoms with Gasteiger partial charge in [-0.25, -0.2) is 4.98 Å². The first kappa shape index (κ1) is 15.7. The smallest absolute Gasteiger partial charge is 0.274 e. The van der Waals surface area contributed by atoms with Gasteiger partial charge in [-0.2, -0.15) is 5.10 Å². The van der Waals surface area contributed by atoms with Gasteiger partial charge in [0.1, 0.15) is 18.1 Å². The lowest BCUT2D eigenvalue weighted by Gasteiger charge is -2.33. The Morgan fingerprint density at radius 1 is 1.39 bits per heavy atom. The zero-order chi connectivity index (χ0) is 16.4. The molecule has 7 heteroatoms. The highest BCUT2D eigenvalue weighted by molar-refractivity contribution is 5.92. The number of ether oxygens (including phenoxy) is 1. The molecule has 0 atom stereocenters. The normalized spacial score (nSPS) is 16.0. The number of carbonyl (C=O) groups is 1. The van der Waals surface area contributed by atoms with Crippen molar-refractivity contribution in [3.63, 3.8) is 0 Å². The first-order chi connectivity index (χ1) is 11.1. The van der Waals surface area contributed by atoms with Crippen molar-refractivity contribution in [1.29, 1.82) is 0 Å². The lowest BCUT2D eigenvalue weighted by atomic mass is 10.0. The zero-order valence-corrected chi connectivity index (χ0v) is 13.9. The van der Waals surface area contributed by atoms with Crippen molar-refractivity contribution in [3.05, 3.63) is 35.7 Å². The number of hydrogen-bond acceptors (Lipinski definition) is 4. The van der Waals surface area contributed by atoms with Gasteiger partial charge in [-0.1, -0.05) is 0 Å². The molecular weight excluding hydrogens is 294 g/mol. The molecule has 1 aliphatic rings. The van der Waals surface area contributed by atoms with Crippen LogP contribution in [-0.4, -0.2) is 50.3 Å². The van der Waals surface area contributed by atoms with Crippen molar-refractivity contribution in [2.24, 2.45) is 7.05 Å². The summed E-state index contributed by atoms with van der Waals surface area (Å²) in [5, 5.41) is 4.20. The summed E-state index contributed by atoms with van der Waals surface area (Å²) < 4.78 is 9.15. The highest BCUT2D eigenvalue weighted by atomic mass is 16.5. The van der Waals surface area contributed by atoms with Crippen LogP contribution < -0.4 is 0 Å². The average Bonchev–Trinajstić information content (AvgIpc) is 3.14. The van der Waals surface area contributed by atoms with Crippen molar-refractivity contribution in [2.45, 2.75) is 32.4 Å². The fourth-order valence-electron chi connectivity index (χ4n) is 3.25. The summed E-state index contributed by atoms with van der Waals surface area (Å²) in [6, 6.07) is 2.14. The number of piperidine rings is 1. The summed E-state index contributed by atoms with van der Waals surface area (Å²) in [5.74, 6) is 0.975. The fourth-order valence-corrected chi connectivity index (χ4v) is 3.25. The van der Waals surface area contributed by atoms with Crippen LogP contribution in [0.5, 0.6) is 0 Å². The Bertz CT molecular complexity index is 682. The maximum Gasteiger partial charge on any atom is 0.274 e. The molecule has 23 heavy (non-hydrogen) atoms. The Morgan fingerprint density at radius 3 is 2.74 bits per heavy atom. The van der Waals surface area contributed by atoms with Crippen LogP contribution in [0.4, 0.5) is 0 Å². The second-order valence-electron chi connectivity index (χ2n) is 6.02. The lowest BCUT2D eigenvalue weighted by Crippen LogP contribution is -2.39. The molecule has 0 aliphatic carbocycles. The molecule has 0 N–H and O–H groups in total. The Morgan fingerprint density at radius 2 is 2.13 bits per heavy atom. The zero-order valence-electron chi connectivity index (χ0n) is 13.9. The van der Waals surface area contributed by atoms with Gasteiger partial charge in [-0.3, -0.25) is 9.48 Å². The number of amides is 1. The van der Waals surface area contributed by atoms with Crippen LogP contribution in [0.1, 0.15) is 40.9 Å². The van der Waals surface area contributed by atoms with Crippen LogP contribution in [0.15, 0.2) is 18.5 Å². The fraction of sp³-hybridized carbons (Fsp3) is 0.562. The summed E-state index contributed by atoms with van der Waals surface area (Å²) in [7, 11) is 3.50. The van der Waals surface area contributed by atoms with Crippen LogP contribution in [0, 0.1) is 6.92 Å². The molecule has 3 rings (SSSR count). The van der Waals surface area contributed by atoms with E-state index in [9.17, 15) is 4.79 Å². The molecule has 124 valence electrons. The van der Waals surface area contributed by atoms with E-state index in [-0.39, 0.29) is 5.91 Å². The predicted molar refractivity (Wildman–Crippen MR) is 85.1 cm³/mol. The monoisotopic (exact) mass is 317 g/mol. The Balaban J connectivity index is 1.67. The summed E-state index contributed by atoms with van der Waals surface area (Å²) in [6.07, 6.45) is 5.53. The number of likely N-dealkylation sites (tertiary alicyclic amines) is 1. The van der Waals surface area contributed by atoms with Gasteiger partial charge in [0.05, 0.1) is 0 Å². The molecule has 0 saturated carbocycles. The quantitative estimate of drug-likeness (QED) is 0.858. The second kappa shape index (κ2) is 6.54. The number of nitrogens with zero attached hydrogens (tertiary/aromatic N) is 5. The van der Waals surface area contributed by atoms with Crippen molar-refractivity contribution in [3.8, 4) is 0 Å². The first-order valence-corrected chi connectivity index (χ1v) is 7.90. The van der Waals surface area contributed by atoms with E-state index >= 15 is 0 Å². The SMILES string of the molecule is COCc1ncc(C)n1C1CCN(C(=O)c2ccn(C)n2)CC1. The molecule has 0 unspecified atom stereocenters. The van der Waals surface area contributed by atoms with E-state index < -0.39 is 0 Å². The number of rotatable bonds is 4. The van der Waals surface area contributed by atoms with Gasteiger partial charge in [0.15, 0.2) is 0 Å². The van der Waals surface area contributed by atoms with Gasteiger partial charge in [-0.15, -0.1) is 0 Å². The van der Waals surface area contributed by atoms with Gasteiger partial charge in [0.25, 0.3) is 5.91 Å². The van der Waals surface area contributed by atoms with Crippen molar-refractivity contribution in [1.82, 2.24) is 24.2 Å². The Labute approximate surface area is 135 Å². The van der Waals surface area contributed by atoms with Crippen LogP contribution in [0.25, 0.3) is 0 Å². The molecule has 7 nitrogen and oxygen atoms in total. The number of hydrogen-bond donors (Lipinski definition) is 0. The number of aromatic nitrogens is 4. The minimum absolute atomic E-state index is 0.0171. The molecule has 0 bridgehead atoms. The molecule has 0 spiro atoms. The van der Waals surface area contributed by atoms with E-state index in [4.69, 9.17) is 4.74 Å². The molecule has 2 aromatic heterocycles. The first-order valence-electron chi connectivity index (χ1n) is 7.90. The lowest BCUT2D eigenvalue weighted by molar-refractivity contribution is 0.0683. The minimum Gasteiger partial charge on any atom is -0.377 e. The Hall–Kier alpha value is -2.15. The van der Waals surface area contributed by atoms with E-state index in [0.717, 1.165) is 37.4 Å². The molecule has 1 saturated heterocycles. The maximum absolute atomic E-state index is 12.5. The molecule has 1 fully saturated rings. The van der Waals surface area contributed by atoms with Crippen LogP contribution in [0.2, 0.25) is 0 Å². The number of carbonyl (C=O) groups excluding carboxylic acids is 1. The average molecular weight is 317 g/mol. The second-order valence-corrected chi connectivity index (χ2v) is 6.02. The summed E-state index contributed by atoms with van der Waals surface area (Å²) in [5.41, 5.74) is 1.66. The van der Waals surface area contributed by atoms with Crippen LogP contribution in [-0.2, 0) is 18.4 Å². The van der Waals surface area contributed by atoms with Gasteiger partial charge in [0.2, 0.25) is 0 Å². The summed E-state index contributed by atoms with van der Waals surface area (Å²) in [6.45, 7) is 4.06. The molecule has 0 aromatic carbocycles. The van der Waals surface area contributed by atoms with Gasteiger partial charge in [0, 0.05) is 51.4 Å². The van der Waals surface area contributed by atoms with Gasteiger partial charge >= 0.3 is 0 Å². The maximum atomic E-state index is 12.5. The van der Waals surface area contributed by atoms with Crippen LogP contribution >= 0.6 is 0 Å². The van der Waals surface area contributed by atoms with Crippen molar-refractivity contribution >= 4 is 5.91 Å². The van der Waals surface area contributed by atoms with Crippen LogP contribution in [0.3, 0.4) is 0 Å². The third-order valence-corrected chi connectivity index (χ3v) is 4.38. The number of methoxy groups -OCH3 is 1.